The van der Waals surface area contributed by atoms with Gasteiger partial charge in [0.15, 0.2) is 0 Å². The van der Waals surface area contributed by atoms with Crippen molar-refractivity contribution < 1.29 is 4.52 Å². The lowest BCUT2D eigenvalue weighted by molar-refractivity contribution is 0.412. The number of hydrogen-bond donors (Lipinski definition) is 1. The third-order valence-electron chi connectivity index (χ3n) is 2.78. The molecule has 0 bridgehead atoms. The monoisotopic (exact) mass is 196 g/mol. The van der Waals surface area contributed by atoms with Crippen LogP contribution in [0.5, 0.6) is 0 Å². The van der Waals surface area contributed by atoms with E-state index in [9.17, 15) is 0 Å². The number of nitrogen functional groups attached to an aromatic ring is 1. The van der Waals surface area contributed by atoms with E-state index in [0.717, 1.165) is 17.7 Å². The van der Waals surface area contributed by atoms with Crippen LogP contribution in [-0.2, 0) is 0 Å². The van der Waals surface area contributed by atoms with Gasteiger partial charge in [-0.15, -0.1) is 0 Å². The number of nitrogens with zero attached hydrogens (tertiary/aromatic N) is 1. The van der Waals surface area contributed by atoms with Gasteiger partial charge in [-0.25, -0.2) is 0 Å². The first kappa shape index (κ1) is 11.1. The minimum Gasteiger partial charge on any atom is -0.367 e. The Bertz CT molecular complexity index is 281. The first-order valence-electron chi connectivity index (χ1n) is 5.42. The standard InChI is InChI=1S/C11H20N2O/c1-4-6-7-9(5-2)10-8(3)11(12)14-13-10/h9H,4-7,12H2,1-3H3. The van der Waals surface area contributed by atoms with Crippen LogP contribution in [0.3, 0.4) is 0 Å². The Hall–Kier alpha value is -0.990. The minimum absolute atomic E-state index is 0.468. The Balaban J connectivity index is 2.73. The Morgan fingerprint density at radius 2 is 2.14 bits per heavy atom. The first-order valence-corrected chi connectivity index (χ1v) is 5.42. The van der Waals surface area contributed by atoms with Crippen LogP contribution in [0.1, 0.15) is 56.7 Å². The molecule has 3 heteroatoms. The van der Waals surface area contributed by atoms with Gasteiger partial charge < -0.3 is 10.3 Å². The molecule has 14 heavy (non-hydrogen) atoms. The second-order valence-electron chi connectivity index (χ2n) is 3.80. The fourth-order valence-corrected chi connectivity index (χ4v) is 1.73. The third kappa shape index (κ3) is 2.28. The van der Waals surface area contributed by atoms with Gasteiger partial charge in [0.2, 0.25) is 5.88 Å². The van der Waals surface area contributed by atoms with Gasteiger partial charge in [-0.2, -0.15) is 0 Å². The van der Waals surface area contributed by atoms with E-state index in [1.54, 1.807) is 0 Å². The topological polar surface area (TPSA) is 52.0 Å². The average molecular weight is 196 g/mol. The van der Waals surface area contributed by atoms with E-state index >= 15 is 0 Å². The molecule has 0 amide bonds. The Morgan fingerprint density at radius 3 is 2.57 bits per heavy atom. The zero-order chi connectivity index (χ0) is 10.6. The van der Waals surface area contributed by atoms with Crippen molar-refractivity contribution in [2.24, 2.45) is 0 Å². The molecule has 3 nitrogen and oxygen atoms in total. The molecular formula is C11H20N2O. The Labute approximate surface area is 85.7 Å². The van der Waals surface area contributed by atoms with Crippen molar-refractivity contribution in [2.75, 3.05) is 5.73 Å². The number of rotatable bonds is 5. The summed E-state index contributed by atoms with van der Waals surface area (Å²) in [7, 11) is 0. The largest absolute Gasteiger partial charge is 0.367 e. The van der Waals surface area contributed by atoms with Crippen molar-refractivity contribution in [3.05, 3.63) is 11.3 Å². The van der Waals surface area contributed by atoms with Gasteiger partial charge in [0, 0.05) is 11.5 Å². The van der Waals surface area contributed by atoms with Crippen LogP contribution in [0, 0.1) is 6.92 Å². The normalized spacial score (nSPS) is 13.1. The molecule has 0 aliphatic heterocycles. The van der Waals surface area contributed by atoms with Crippen molar-refractivity contribution in [3.63, 3.8) is 0 Å². The van der Waals surface area contributed by atoms with Gasteiger partial charge in [-0.1, -0.05) is 31.8 Å². The maximum atomic E-state index is 5.63. The molecule has 0 saturated carbocycles. The van der Waals surface area contributed by atoms with Crippen molar-refractivity contribution >= 4 is 5.88 Å². The molecule has 0 aromatic carbocycles. The number of anilines is 1. The lowest BCUT2D eigenvalue weighted by atomic mass is 9.94. The molecule has 0 saturated heterocycles. The zero-order valence-corrected chi connectivity index (χ0v) is 9.34. The second kappa shape index (κ2) is 5.03. The Morgan fingerprint density at radius 1 is 1.43 bits per heavy atom. The quantitative estimate of drug-likeness (QED) is 0.786. The van der Waals surface area contributed by atoms with Crippen LogP contribution in [0.25, 0.3) is 0 Å². The van der Waals surface area contributed by atoms with Crippen molar-refractivity contribution in [1.29, 1.82) is 0 Å². The minimum atomic E-state index is 0.468. The third-order valence-corrected chi connectivity index (χ3v) is 2.78. The zero-order valence-electron chi connectivity index (χ0n) is 9.34. The highest BCUT2D eigenvalue weighted by molar-refractivity contribution is 5.38. The van der Waals surface area contributed by atoms with E-state index in [4.69, 9.17) is 10.3 Å². The van der Waals surface area contributed by atoms with Crippen LogP contribution in [-0.4, -0.2) is 5.16 Å². The van der Waals surface area contributed by atoms with E-state index in [1.165, 1.54) is 19.3 Å². The van der Waals surface area contributed by atoms with Crippen LogP contribution in [0.4, 0.5) is 5.88 Å². The average Bonchev–Trinajstić information content (AvgIpc) is 2.51. The van der Waals surface area contributed by atoms with Crippen LogP contribution < -0.4 is 5.73 Å². The van der Waals surface area contributed by atoms with Gasteiger partial charge in [0.25, 0.3) is 0 Å². The van der Waals surface area contributed by atoms with Crippen molar-refractivity contribution in [3.8, 4) is 0 Å². The predicted molar refractivity (Wildman–Crippen MR) is 58.2 cm³/mol. The van der Waals surface area contributed by atoms with Gasteiger partial charge in [0.1, 0.15) is 0 Å². The molecule has 0 fully saturated rings. The van der Waals surface area contributed by atoms with Gasteiger partial charge in [-0.3, -0.25) is 0 Å². The fourth-order valence-electron chi connectivity index (χ4n) is 1.73. The van der Waals surface area contributed by atoms with Crippen molar-refractivity contribution in [1.82, 2.24) is 5.16 Å². The van der Waals surface area contributed by atoms with Gasteiger partial charge in [-0.05, 0) is 19.8 Å². The number of unbranched alkanes of at least 4 members (excludes halogenated alkanes) is 1. The molecule has 1 atom stereocenters. The summed E-state index contributed by atoms with van der Waals surface area (Å²) >= 11 is 0. The smallest absolute Gasteiger partial charge is 0.225 e. The highest BCUT2D eigenvalue weighted by atomic mass is 16.5. The van der Waals surface area contributed by atoms with Crippen molar-refractivity contribution in [2.45, 2.75) is 52.4 Å². The highest BCUT2D eigenvalue weighted by Crippen LogP contribution is 2.29. The summed E-state index contributed by atoms with van der Waals surface area (Å²) in [6.07, 6.45) is 4.75. The summed E-state index contributed by atoms with van der Waals surface area (Å²) in [5.74, 6) is 0.978. The summed E-state index contributed by atoms with van der Waals surface area (Å²) < 4.78 is 4.99. The van der Waals surface area contributed by atoms with Crippen LogP contribution in [0.2, 0.25) is 0 Å². The van der Waals surface area contributed by atoms with E-state index in [-0.39, 0.29) is 0 Å². The molecular weight excluding hydrogens is 176 g/mol. The predicted octanol–water partition coefficient (Wildman–Crippen LogP) is 3.25. The molecule has 0 radical (unpaired) electrons. The molecule has 0 spiro atoms. The highest BCUT2D eigenvalue weighted by Gasteiger charge is 2.17. The lowest BCUT2D eigenvalue weighted by Gasteiger charge is -2.11. The molecule has 1 aromatic heterocycles. The molecule has 0 aliphatic rings. The van der Waals surface area contributed by atoms with E-state index in [2.05, 4.69) is 19.0 Å². The summed E-state index contributed by atoms with van der Waals surface area (Å²) in [5, 5.41) is 4.04. The summed E-state index contributed by atoms with van der Waals surface area (Å²) in [6, 6.07) is 0. The molecule has 1 aromatic rings. The first-order chi connectivity index (χ1) is 6.70. The number of nitrogens with two attached hydrogens (primary N) is 1. The van der Waals surface area contributed by atoms with Gasteiger partial charge >= 0.3 is 0 Å². The van der Waals surface area contributed by atoms with E-state index in [1.807, 2.05) is 6.92 Å². The maximum absolute atomic E-state index is 5.63. The lowest BCUT2D eigenvalue weighted by Crippen LogP contribution is -2.00. The molecule has 1 unspecified atom stereocenters. The molecule has 80 valence electrons. The molecule has 1 heterocycles. The molecule has 2 N–H and O–H groups in total. The Kier molecular flexibility index (Phi) is 3.98. The number of aromatic nitrogens is 1. The fraction of sp³-hybridized carbons (Fsp3) is 0.727. The summed E-state index contributed by atoms with van der Waals surface area (Å²) in [6.45, 7) is 6.37. The molecule has 0 aliphatic carbocycles. The van der Waals surface area contributed by atoms with Crippen LogP contribution >= 0.6 is 0 Å². The summed E-state index contributed by atoms with van der Waals surface area (Å²) in [4.78, 5) is 0. The van der Waals surface area contributed by atoms with Gasteiger partial charge in [0.05, 0.1) is 5.69 Å². The number of hydrogen-bond acceptors (Lipinski definition) is 3. The summed E-state index contributed by atoms with van der Waals surface area (Å²) in [5.41, 5.74) is 7.71. The van der Waals surface area contributed by atoms with Crippen LogP contribution in [0.15, 0.2) is 4.52 Å². The van der Waals surface area contributed by atoms with E-state index in [0.29, 0.717) is 11.8 Å². The second-order valence-corrected chi connectivity index (χ2v) is 3.80. The van der Waals surface area contributed by atoms with E-state index < -0.39 is 0 Å². The maximum Gasteiger partial charge on any atom is 0.225 e. The SMILES string of the molecule is CCCCC(CC)c1noc(N)c1C. The molecule has 1 rings (SSSR count).